The molecule has 1 aromatic carbocycles. The molecule has 142 valence electrons. The Balaban J connectivity index is 1.57. The molecule has 0 unspecified atom stereocenters. The first-order chi connectivity index (χ1) is 12.5. The average Bonchev–Trinajstić information content (AvgIpc) is 2.65. The van der Waals surface area contributed by atoms with E-state index < -0.39 is 0 Å². The van der Waals surface area contributed by atoms with E-state index in [9.17, 15) is 9.59 Å². The van der Waals surface area contributed by atoms with Crippen LogP contribution in [0, 0.1) is 11.8 Å². The van der Waals surface area contributed by atoms with Crippen molar-refractivity contribution in [2.45, 2.75) is 77.3 Å². The molecule has 2 N–H and O–H groups in total. The van der Waals surface area contributed by atoms with Crippen LogP contribution in [0.25, 0.3) is 0 Å². The Hall–Kier alpha value is -1.84. The Morgan fingerprint density at radius 3 is 1.38 bits per heavy atom. The molecule has 4 atom stereocenters. The molecule has 0 aliphatic heterocycles. The Labute approximate surface area is 157 Å². The van der Waals surface area contributed by atoms with Crippen LogP contribution in [0.4, 0.5) is 0 Å². The molecule has 2 fully saturated rings. The lowest BCUT2D eigenvalue weighted by atomic mass is 9.85. The highest BCUT2D eigenvalue weighted by Crippen LogP contribution is 2.25. The second-order valence-corrected chi connectivity index (χ2v) is 8.26. The largest absolute Gasteiger partial charge is 0.349 e. The normalized spacial score (nSPS) is 29.0. The summed E-state index contributed by atoms with van der Waals surface area (Å²) in [6, 6.07) is 7.60. The zero-order chi connectivity index (χ0) is 18.5. The summed E-state index contributed by atoms with van der Waals surface area (Å²) in [4.78, 5) is 25.0. The van der Waals surface area contributed by atoms with Gasteiger partial charge in [0.2, 0.25) is 0 Å². The van der Waals surface area contributed by atoms with Gasteiger partial charge in [0, 0.05) is 23.2 Å². The third-order valence-electron chi connectivity index (χ3n) is 6.27. The van der Waals surface area contributed by atoms with Gasteiger partial charge in [-0.1, -0.05) is 39.5 Å². The Morgan fingerprint density at radius 2 is 1.04 bits per heavy atom. The second-order valence-electron chi connectivity index (χ2n) is 8.26. The number of carbonyl (C=O) groups is 2. The molecule has 26 heavy (non-hydrogen) atoms. The third kappa shape index (κ3) is 4.66. The number of nitrogens with one attached hydrogen (secondary N) is 2. The molecule has 0 saturated heterocycles. The number of hydrogen-bond donors (Lipinski definition) is 2. The van der Waals surface area contributed by atoms with Gasteiger partial charge in [0.1, 0.15) is 0 Å². The highest BCUT2D eigenvalue weighted by molar-refractivity contribution is 5.98. The van der Waals surface area contributed by atoms with Gasteiger partial charge in [-0.15, -0.1) is 0 Å². The van der Waals surface area contributed by atoms with Crippen LogP contribution in [0.5, 0.6) is 0 Å². The summed E-state index contributed by atoms with van der Waals surface area (Å²) in [5.74, 6) is 1.01. The van der Waals surface area contributed by atoms with Crippen molar-refractivity contribution in [1.82, 2.24) is 10.6 Å². The molecule has 4 nitrogen and oxygen atoms in total. The second kappa shape index (κ2) is 8.70. The zero-order valence-electron chi connectivity index (χ0n) is 16.1. The Bertz CT molecular complexity index is 571. The van der Waals surface area contributed by atoms with E-state index in [-0.39, 0.29) is 23.9 Å². The fourth-order valence-corrected chi connectivity index (χ4v) is 4.34. The van der Waals surface area contributed by atoms with Crippen molar-refractivity contribution < 1.29 is 9.59 Å². The van der Waals surface area contributed by atoms with E-state index in [0.29, 0.717) is 23.0 Å². The first-order valence-corrected chi connectivity index (χ1v) is 10.3. The third-order valence-corrected chi connectivity index (χ3v) is 6.27. The van der Waals surface area contributed by atoms with Gasteiger partial charge < -0.3 is 10.6 Å². The van der Waals surface area contributed by atoms with Crippen molar-refractivity contribution >= 4 is 11.8 Å². The van der Waals surface area contributed by atoms with Crippen LogP contribution in [0.15, 0.2) is 24.3 Å². The van der Waals surface area contributed by atoms with Crippen LogP contribution < -0.4 is 10.6 Å². The lowest BCUT2D eigenvalue weighted by Crippen LogP contribution is -2.41. The van der Waals surface area contributed by atoms with E-state index in [1.807, 2.05) is 0 Å². The van der Waals surface area contributed by atoms with Crippen LogP contribution in [0.1, 0.15) is 85.9 Å². The molecule has 3 rings (SSSR count). The van der Waals surface area contributed by atoms with E-state index >= 15 is 0 Å². The van der Waals surface area contributed by atoms with Gasteiger partial charge in [-0.2, -0.15) is 0 Å². The number of amides is 2. The SMILES string of the molecule is C[C@H]1CCCC[C@@H]1NC(=O)c1ccc(C(=O)N[C@@H]2CCCC[C@@H]2C)cc1. The number of benzene rings is 1. The van der Waals surface area contributed by atoms with E-state index in [4.69, 9.17) is 0 Å². The van der Waals surface area contributed by atoms with Crippen LogP contribution in [0.2, 0.25) is 0 Å². The maximum Gasteiger partial charge on any atom is 0.251 e. The summed E-state index contributed by atoms with van der Waals surface area (Å²) in [6.45, 7) is 4.42. The van der Waals surface area contributed by atoms with E-state index in [1.165, 1.54) is 38.5 Å². The molecule has 1 aromatic rings. The fourth-order valence-electron chi connectivity index (χ4n) is 4.34. The van der Waals surface area contributed by atoms with Crippen molar-refractivity contribution in [2.75, 3.05) is 0 Å². The maximum atomic E-state index is 12.5. The van der Waals surface area contributed by atoms with Gasteiger partial charge >= 0.3 is 0 Å². The van der Waals surface area contributed by atoms with Gasteiger partial charge in [-0.3, -0.25) is 9.59 Å². The first-order valence-electron chi connectivity index (χ1n) is 10.3. The van der Waals surface area contributed by atoms with Crippen molar-refractivity contribution in [1.29, 1.82) is 0 Å². The van der Waals surface area contributed by atoms with Gasteiger partial charge in [-0.25, -0.2) is 0 Å². The van der Waals surface area contributed by atoms with E-state index in [1.54, 1.807) is 24.3 Å². The highest BCUT2D eigenvalue weighted by Gasteiger charge is 2.24. The summed E-state index contributed by atoms with van der Waals surface area (Å²) < 4.78 is 0. The summed E-state index contributed by atoms with van der Waals surface area (Å²) in [6.07, 6.45) is 9.39. The lowest BCUT2D eigenvalue weighted by molar-refractivity contribution is 0.0898. The summed E-state index contributed by atoms with van der Waals surface area (Å²) >= 11 is 0. The van der Waals surface area contributed by atoms with Crippen LogP contribution in [-0.4, -0.2) is 23.9 Å². The zero-order valence-corrected chi connectivity index (χ0v) is 16.1. The van der Waals surface area contributed by atoms with Gasteiger partial charge in [0.25, 0.3) is 11.8 Å². The molecule has 4 heteroatoms. The fraction of sp³-hybridized carbons (Fsp3) is 0.636. The molecule has 2 aliphatic rings. The lowest BCUT2D eigenvalue weighted by Gasteiger charge is -2.29. The minimum atomic E-state index is -0.0309. The number of rotatable bonds is 4. The minimum Gasteiger partial charge on any atom is -0.349 e. The van der Waals surface area contributed by atoms with Gasteiger partial charge in [-0.05, 0) is 61.8 Å². The first kappa shape index (κ1) is 18.9. The predicted molar refractivity (Wildman–Crippen MR) is 104 cm³/mol. The van der Waals surface area contributed by atoms with E-state index in [0.717, 1.165) is 12.8 Å². The molecule has 2 amide bonds. The highest BCUT2D eigenvalue weighted by atomic mass is 16.2. The molecule has 0 radical (unpaired) electrons. The summed E-state index contributed by atoms with van der Waals surface area (Å²) in [7, 11) is 0. The Kier molecular flexibility index (Phi) is 6.33. The minimum absolute atomic E-state index is 0.0309. The quantitative estimate of drug-likeness (QED) is 0.845. The molecule has 0 bridgehead atoms. The molecule has 0 aromatic heterocycles. The average molecular weight is 357 g/mol. The smallest absolute Gasteiger partial charge is 0.251 e. The van der Waals surface area contributed by atoms with Gasteiger partial charge in [0.05, 0.1) is 0 Å². The summed E-state index contributed by atoms with van der Waals surface area (Å²) in [5, 5.41) is 6.33. The van der Waals surface area contributed by atoms with Crippen molar-refractivity contribution in [3.8, 4) is 0 Å². The molecule has 2 saturated carbocycles. The topological polar surface area (TPSA) is 58.2 Å². The van der Waals surface area contributed by atoms with Crippen molar-refractivity contribution in [3.05, 3.63) is 35.4 Å². The van der Waals surface area contributed by atoms with Crippen molar-refractivity contribution in [2.24, 2.45) is 11.8 Å². The Morgan fingerprint density at radius 1 is 0.692 bits per heavy atom. The predicted octanol–water partition coefficient (Wildman–Crippen LogP) is 4.30. The maximum absolute atomic E-state index is 12.5. The standard InChI is InChI=1S/C22H32N2O2/c1-15-7-3-5-9-19(15)23-21(25)17-11-13-18(14-12-17)22(26)24-20-10-6-4-8-16(20)2/h11-16,19-20H,3-10H2,1-2H3,(H,23,25)(H,24,26)/t15-,16-,19-,20+/m0/s1. The van der Waals surface area contributed by atoms with Crippen LogP contribution in [0.3, 0.4) is 0 Å². The van der Waals surface area contributed by atoms with Crippen molar-refractivity contribution in [3.63, 3.8) is 0 Å². The number of carbonyl (C=O) groups excluding carboxylic acids is 2. The summed E-state index contributed by atoms with van der Waals surface area (Å²) in [5.41, 5.74) is 1.26. The van der Waals surface area contributed by atoms with Crippen LogP contribution >= 0.6 is 0 Å². The molecule has 2 aliphatic carbocycles. The monoisotopic (exact) mass is 356 g/mol. The molecular weight excluding hydrogens is 324 g/mol. The van der Waals surface area contributed by atoms with Gasteiger partial charge in [0.15, 0.2) is 0 Å². The van der Waals surface area contributed by atoms with E-state index in [2.05, 4.69) is 24.5 Å². The van der Waals surface area contributed by atoms with Crippen LogP contribution in [-0.2, 0) is 0 Å². The molecule has 0 heterocycles. The number of hydrogen-bond acceptors (Lipinski definition) is 2. The molecule has 0 spiro atoms. The molecular formula is C22H32N2O2.